The molecule has 7 heteroatoms. The SMILES string of the molecule is CC1=CC(=O)C2=C(C[C@@H]3C(=CC[C@@H]4C(=O)N(C)C(=O)[C@@H]43)[C@@H]2c2ccc(O)c(F)c2)C1=O. The highest BCUT2D eigenvalue weighted by atomic mass is 19.1. The van der Waals surface area contributed by atoms with Gasteiger partial charge in [-0.05, 0) is 49.5 Å². The summed E-state index contributed by atoms with van der Waals surface area (Å²) in [6, 6.07) is 3.91. The summed E-state index contributed by atoms with van der Waals surface area (Å²) in [6.07, 6.45) is 3.72. The van der Waals surface area contributed by atoms with Gasteiger partial charge in [0.1, 0.15) is 0 Å². The first-order chi connectivity index (χ1) is 14.7. The van der Waals surface area contributed by atoms with Crippen LogP contribution in [0.3, 0.4) is 0 Å². The van der Waals surface area contributed by atoms with Crippen molar-refractivity contribution in [2.75, 3.05) is 7.05 Å². The van der Waals surface area contributed by atoms with Gasteiger partial charge >= 0.3 is 0 Å². The van der Waals surface area contributed by atoms with E-state index in [4.69, 9.17) is 0 Å². The quantitative estimate of drug-likeness (QED) is 0.428. The number of hydrogen-bond donors (Lipinski definition) is 1. The lowest BCUT2D eigenvalue weighted by Gasteiger charge is -2.42. The molecule has 4 aliphatic rings. The predicted molar refractivity (Wildman–Crippen MR) is 107 cm³/mol. The number of ketones is 2. The molecule has 1 aliphatic heterocycles. The normalized spacial score (nSPS) is 30.1. The van der Waals surface area contributed by atoms with Crippen LogP contribution in [0.25, 0.3) is 0 Å². The molecule has 1 aromatic carbocycles. The standard InChI is InChI=1S/C24H20FNO5/c1-10-7-18(28)21-15(22(10)29)9-14-12(19(21)11-3-6-17(27)16(25)8-11)4-5-13-20(14)24(31)26(2)23(13)30/h3-4,6-8,13-14,19-20,27H,5,9H2,1-2H3/t13-,14+,19-,20-/m0/s1. The predicted octanol–water partition coefficient (Wildman–Crippen LogP) is 2.59. The van der Waals surface area contributed by atoms with Crippen molar-refractivity contribution in [2.45, 2.75) is 25.7 Å². The smallest absolute Gasteiger partial charge is 0.233 e. The van der Waals surface area contributed by atoms with Crippen LogP contribution in [0.15, 0.2) is 52.6 Å². The summed E-state index contributed by atoms with van der Waals surface area (Å²) >= 11 is 0. The van der Waals surface area contributed by atoms with E-state index in [0.717, 1.165) is 16.5 Å². The van der Waals surface area contributed by atoms with E-state index in [-0.39, 0.29) is 29.8 Å². The lowest BCUT2D eigenvalue weighted by Crippen LogP contribution is -2.39. The highest BCUT2D eigenvalue weighted by Gasteiger charge is 2.55. The number of hydrogen-bond acceptors (Lipinski definition) is 5. The molecular formula is C24H20FNO5. The largest absolute Gasteiger partial charge is 0.505 e. The molecule has 1 heterocycles. The molecule has 6 nitrogen and oxygen atoms in total. The third kappa shape index (κ3) is 2.62. The van der Waals surface area contributed by atoms with Crippen molar-refractivity contribution in [3.8, 4) is 5.75 Å². The number of nitrogens with zero attached hydrogens (tertiary/aromatic N) is 1. The van der Waals surface area contributed by atoms with Crippen LogP contribution in [-0.4, -0.2) is 40.4 Å². The second kappa shape index (κ2) is 6.57. The molecule has 0 spiro atoms. The number of aromatic hydroxyl groups is 1. The van der Waals surface area contributed by atoms with Crippen molar-refractivity contribution in [3.05, 3.63) is 64.0 Å². The Kier molecular flexibility index (Phi) is 4.16. The van der Waals surface area contributed by atoms with Gasteiger partial charge in [0, 0.05) is 29.7 Å². The van der Waals surface area contributed by atoms with Crippen molar-refractivity contribution in [2.24, 2.45) is 17.8 Å². The molecule has 0 unspecified atom stereocenters. The fourth-order valence-corrected chi connectivity index (χ4v) is 5.62. The first-order valence-corrected chi connectivity index (χ1v) is 10.2. The second-order valence-electron chi connectivity index (χ2n) is 8.68. The number of phenolic OH excluding ortho intramolecular Hbond substituents is 1. The summed E-state index contributed by atoms with van der Waals surface area (Å²) in [5, 5.41) is 9.63. The monoisotopic (exact) mass is 421 g/mol. The van der Waals surface area contributed by atoms with E-state index < -0.39 is 35.2 Å². The Labute approximate surface area is 177 Å². The maximum atomic E-state index is 14.2. The number of imide groups is 1. The van der Waals surface area contributed by atoms with E-state index >= 15 is 0 Å². The van der Waals surface area contributed by atoms with Gasteiger partial charge < -0.3 is 5.11 Å². The zero-order chi connectivity index (χ0) is 22.2. The molecule has 1 saturated heterocycles. The van der Waals surface area contributed by atoms with Crippen molar-refractivity contribution in [3.63, 3.8) is 0 Å². The van der Waals surface area contributed by atoms with Crippen molar-refractivity contribution >= 4 is 23.4 Å². The number of halogens is 1. The van der Waals surface area contributed by atoms with Gasteiger partial charge in [-0.1, -0.05) is 17.7 Å². The molecule has 1 aromatic rings. The van der Waals surface area contributed by atoms with Gasteiger partial charge in [-0.15, -0.1) is 0 Å². The van der Waals surface area contributed by atoms with E-state index in [0.29, 0.717) is 28.7 Å². The van der Waals surface area contributed by atoms with E-state index in [1.807, 2.05) is 6.08 Å². The average Bonchev–Trinajstić information content (AvgIpc) is 2.97. The van der Waals surface area contributed by atoms with Crippen LogP contribution in [0.2, 0.25) is 0 Å². The number of fused-ring (bicyclic) bond motifs is 3. The van der Waals surface area contributed by atoms with Crippen molar-refractivity contribution in [1.82, 2.24) is 4.90 Å². The van der Waals surface area contributed by atoms with Crippen LogP contribution in [0.5, 0.6) is 5.75 Å². The van der Waals surface area contributed by atoms with Gasteiger partial charge in [0.05, 0.1) is 11.8 Å². The van der Waals surface area contributed by atoms with E-state index in [9.17, 15) is 28.7 Å². The van der Waals surface area contributed by atoms with E-state index in [1.165, 1.54) is 25.3 Å². The molecule has 0 saturated carbocycles. The Balaban J connectivity index is 1.72. The number of allylic oxidation sites excluding steroid dienone is 6. The highest BCUT2D eigenvalue weighted by Crippen LogP contribution is 2.55. The molecule has 3 aliphatic carbocycles. The van der Waals surface area contributed by atoms with Gasteiger partial charge in [-0.3, -0.25) is 24.1 Å². The van der Waals surface area contributed by atoms with Crippen LogP contribution in [0.1, 0.15) is 31.2 Å². The van der Waals surface area contributed by atoms with Crippen LogP contribution in [-0.2, 0) is 19.2 Å². The number of Topliss-reactive ketones (excluding diaryl/α,β-unsaturated/α-hetero) is 1. The third-order valence-corrected chi connectivity index (χ3v) is 7.09. The average molecular weight is 421 g/mol. The number of amides is 2. The maximum absolute atomic E-state index is 14.2. The highest BCUT2D eigenvalue weighted by molar-refractivity contribution is 6.23. The van der Waals surface area contributed by atoms with E-state index in [1.54, 1.807) is 6.92 Å². The topological polar surface area (TPSA) is 91.8 Å². The van der Waals surface area contributed by atoms with Crippen molar-refractivity contribution in [1.29, 1.82) is 0 Å². The number of carbonyl (C=O) groups excluding carboxylic acids is 4. The Morgan fingerprint density at radius 2 is 1.84 bits per heavy atom. The molecule has 158 valence electrons. The molecule has 4 atom stereocenters. The number of rotatable bonds is 1. The number of benzene rings is 1. The maximum Gasteiger partial charge on any atom is 0.233 e. The first-order valence-electron chi connectivity index (χ1n) is 10.2. The summed E-state index contributed by atoms with van der Waals surface area (Å²) < 4.78 is 14.2. The van der Waals surface area contributed by atoms with Crippen LogP contribution < -0.4 is 0 Å². The number of carbonyl (C=O) groups is 4. The lowest BCUT2D eigenvalue weighted by molar-refractivity contribution is -0.138. The molecule has 5 rings (SSSR count). The van der Waals surface area contributed by atoms with Crippen LogP contribution >= 0.6 is 0 Å². The Hall–Kier alpha value is -3.35. The summed E-state index contributed by atoms with van der Waals surface area (Å²) in [4.78, 5) is 52.6. The molecular weight excluding hydrogens is 401 g/mol. The lowest BCUT2D eigenvalue weighted by atomic mass is 9.59. The van der Waals surface area contributed by atoms with Gasteiger partial charge in [-0.25, -0.2) is 4.39 Å². The van der Waals surface area contributed by atoms with Crippen LogP contribution in [0.4, 0.5) is 4.39 Å². The van der Waals surface area contributed by atoms with E-state index in [2.05, 4.69) is 0 Å². The zero-order valence-electron chi connectivity index (χ0n) is 17.0. The fraction of sp³-hybridized carbons (Fsp3) is 0.333. The van der Waals surface area contributed by atoms with Gasteiger partial charge in [-0.2, -0.15) is 0 Å². The minimum absolute atomic E-state index is 0.196. The Morgan fingerprint density at radius 1 is 1.10 bits per heavy atom. The van der Waals surface area contributed by atoms with Crippen molar-refractivity contribution < 1.29 is 28.7 Å². The molecule has 0 bridgehead atoms. The first kappa shape index (κ1) is 19.6. The fourth-order valence-electron chi connectivity index (χ4n) is 5.62. The van der Waals surface area contributed by atoms with Gasteiger partial charge in [0.15, 0.2) is 23.1 Å². The summed E-state index contributed by atoms with van der Waals surface area (Å²) in [7, 11) is 1.46. The molecule has 31 heavy (non-hydrogen) atoms. The number of phenols is 1. The molecule has 0 aromatic heterocycles. The minimum atomic E-state index is -0.829. The van der Waals surface area contributed by atoms with Gasteiger partial charge in [0.2, 0.25) is 11.8 Å². The molecule has 1 N–H and O–H groups in total. The Bertz CT molecular complexity index is 1190. The molecule has 0 radical (unpaired) electrons. The zero-order valence-corrected chi connectivity index (χ0v) is 17.0. The van der Waals surface area contributed by atoms with Crippen LogP contribution in [0, 0.1) is 23.6 Å². The second-order valence-corrected chi connectivity index (χ2v) is 8.68. The summed E-state index contributed by atoms with van der Waals surface area (Å²) in [6.45, 7) is 1.58. The minimum Gasteiger partial charge on any atom is -0.505 e. The summed E-state index contributed by atoms with van der Waals surface area (Å²) in [5.74, 6) is -4.66. The van der Waals surface area contributed by atoms with Gasteiger partial charge in [0.25, 0.3) is 0 Å². The molecule has 1 fully saturated rings. The number of likely N-dealkylation sites (tertiary alicyclic amines) is 1. The Morgan fingerprint density at radius 3 is 2.55 bits per heavy atom. The molecule has 2 amide bonds. The summed E-state index contributed by atoms with van der Waals surface area (Å²) in [5.41, 5.74) is 2.14. The third-order valence-electron chi connectivity index (χ3n) is 7.09.